The highest BCUT2D eigenvalue weighted by Gasteiger charge is 2.22. The molecule has 1 aliphatic heterocycles. The van der Waals surface area contributed by atoms with Gasteiger partial charge in [-0.3, -0.25) is 0 Å². The van der Waals surface area contributed by atoms with Crippen molar-refractivity contribution in [2.75, 3.05) is 39.5 Å². The van der Waals surface area contributed by atoms with Crippen molar-refractivity contribution in [3.8, 4) is 0 Å². The van der Waals surface area contributed by atoms with E-state index in [1.165, 1.54) is 37.2 Å². The summed E-state index contributed by atoms with van der Waals surface area (Å²) in [5.74, 6) is 0.790. The van der Waals surface area contributed by atoms with Gasteiger partial charge in [0.25, 0.3) is 0 Å². The van der Waals surface area contributed by atoms with Crippen LogP contribution in [0.15, 0.2) is 24.3 Å². The first-order valence-corrected chi connectivity index (χ1v) is 7.74. The number of likely N-dealkylation sites (tertiary alicyclic amines) is 1. The van der Waals surface area contributed by atoms with E-state index in [0.29, 0.717) is 6.04 Å². The molecule has 2 rings (SSSR count). The van der Waals surface area contributed by atoms with Gasteiger partial charge in [-0.1, -0.05) is 18.2 Å². The zero-order valence-electron chi connectivity index (χ0n) is 13.4. The predicted molar refractivity (Wildman–Crippen MR) is 87.1 cm³/mol. The highest BCUT2D eigenvalue weighted by atomic mass is 15.1. The van der Waals surface area contributed by atoms with Gasteiger partial charge in [-0.2, -0.15) is 0 Å². The number of hydrogen-bond donors (Lipinski definition) is 1. The Labute approximate surface area is 124 Å². The lowest BCUT2D eigenvalue weighted by Gasteiger charge is -2.34. The minimum atomic E-state index is 0.548. The topological polar surface area (TPSA) is 18.5 Å². The number of anilines is 1. The van der Waals surface area contributed by atoms with Gasteiger partial charge in [0.15, 0.2) is 0 Å². The first-order valence-electron chi connectivity index (χ1n) is 7.74. The number of benzene rings is 1. The molecule has 3 heteroatoms. The maximum atomic E-state index is 3.76. The van der Waals surface area contributed by atoms with E-state index in [1.54, 1.807) is 0 Å². The second-order valence-corrected chi connectivity index (χ2v) is 6.47. The van der Waals surface area contributed by atoms with Crippen LogP contribution >= 0.6 is 0 Å². The maximum absolute atomic E-state index is 3.76. The van der Waals surface area contributed by atoms with Crippen LogP contribution in [0.2, 0.25) is 0 Å². The van der Waals surface area contributed by atoms with Gasteiger partial charge >= 0.3 is 0 Å². The van der Waals surface area contributed by atoms with Gasteiger partial charge in [-0.25, -0.2) is 0 Å². The van der Waals surface area contributed by atoms with Crippen molar-refractivity contribution in [3.63, 3.8) is 0 Å². The van der Waals surface area contributed by atoms with Crippen LogP contribution < -0.4 is 5.32 Å². The maximum Gasteiger partial charge on any atom is 0.0388 e. The normalized spacial score (nSPS) is 19.2. The van der Waals surface area contributed by atoms with Gasteiger partial charge in [0, 0.05) is 18.3 Å². The Morgan fingerprint density at radius 1 is 1.25 bits per heavy atom. The van der Waals surface area contributed by atoms with E-state index in [0.717, 1.165) is 12.5 Å². The molecule has 3 nitrogen and oxygen atoms in total. The van der Waals surface area contributed by atoms with E-state index < -0.39 is 0 Å². The van der Waals surface area contributed by atoms with Crippen molar-refractivity contribution in [1.82, 2.24) is 9.80 Å². The van der Waals surface area contributed by atoms with Gasteiger partial charge in [0.1, 0.15) is 0 Å². The van der Waals surface area contributed by atoms with Gasteiger partial charge < -0.3 is 15.1 Å². The minimum absolute atomic E-state index is 0.548. The molecule has 1 unspecified atom stereocenters. The van der Waals surface area contributed by atoms with E-state index in [-0.39, 0.29) is 0 Å². The monoisotopic (exact) mass is 275 g/mol. The number of para-hydroxylation sites is 1. The summed E-state index contributed by atoms with van der Waals surface area (Å²) in [7, 11) is 6.47. The predicted octanol–water partition coefficient (Wildman–Crippen LogP) is 2.89. The summed E-state index contributed by atoms with van der Waals surface area (Å²) in [5.41, 5.74) is 2.69. The fourth-order valence-electron chi connectivity index (χ4n) is 3.03. The molecule has 1 N–H and O–H groups in total. The second-order valence-electron chi connectivity index (χ2n) is 6.47. The van der Waals surface area contributed by atoms with Crippen molar-refractivity contribution in [2.24, 2.45) is 5.92 Å². The van der Waals surface area contributed by atoms with Crippen LogP contribution in [0.5, 0.6) is 0 Å². The lowest BCUT2D eigenvalue weighted by molar-refractivity contribution is 0.208. The van der Waals surface area contributed by atoms with Gasteiger partial charge in [-0.15, -0.1) is 0 Å². The standard InChI is InChI=1S/C17H29N3/c1-14(15-9-11-20(4)12-10-15)18-17-8-6-5-7-16(17)13-19(2)3/h5-8,14-15,18H,9-13H2,1-4H3. The van der Waals surface area contributed by atoms with E-state index >= 15 is 0 Å². The SMILES string of the molecule is CC(Nc1ccccc1CN(C)C)C1CCN(C)CC1. The molecule has 0 aliphatic carbocycles. The lowest BCUT2D eigenvalue weighted by atomic mass is 9.90. The smallest absolute Gasteiger partial charge is 0.0388 e. The molecule has 1 heterocycles. The molecule has 1 aliphatic rings. The molecule has 20 heavy (non-hydrogen) atoms. The van der Waals surface area contributed by atoms with E-state index in [2.05, 4.69) is 67.4 Å². The number of hydrogen-bond acceptors (Lipinski definition) is 3. The summed E-state index contributed by atoms with van der Waals surface area (Å²) in [5, 5.41) is 3.76. The van der Waals surface area contributed by atoms with Crippen LogP contribution in [0.3, 0.4) is 0 Å². The Hall–Kier alpha value is -1.06. The molecule has 0 bridgehead atoms. The molecule has 1 saturated heterocycles. The Bertz CT molecular complexity index is 408. The van der Waals surface area contributed by atoms with Gasteiger partial charge in [0.2, 0.25) is 0 Å². The number of nitrogens with zero attached hydrogens (tertiary/aromatic N) is 2. The molecule has 0 saturated carbocycles. The summed E-state index contributed by atoms with van der Waals surface area (Å²) >= 11 is 0. The molecule has 0 amide bonds. The van der Waals surface area contributed by atoms with Crippen LogP contribution in [0, 0.1) is 5.92 Å². The first-order chi connectivity index (χ1) is 9.56. The summed E-state index contributed by atoms with van der Waals surface area (Å²) < 4.78 is 0. The molecule has 0 spiro atoms. The van der Waals surface area contributed by atoms with Crippen LogP contribution in [0.25, 0.3) is 0 Å². The quantitative estimate of drug-likeness (QED) is 0.891. The van der Waals surface area contributed by atoms with E-state index in [1.807, 2.05) is 0 Å². The van der Waals surface area contributed by atoms with E-state index in [9.17, 15) is 0 Å². The zero-order chi connectivity index (χ0) is 14.5. The van der Waals surface area contributed by atoms with Crippen molar-refractivity contribution < 1.29 is 0 Å². The van der Waals surface area contributed by atoms with Crippen molar-refractivity contribution >= 4 is 5.69 Å². The van der Waals surface area contributed by atoms with Crippen LogP contribution in [0.1, 0.15) is 25.3 Å². The fourth-order valence-corrected chi connectivity index (χ4v) is 3.03. The highest BCUT2D eigenvalue weighted by Crippen LogP contribution is 2.24. The van der Waals surface area contributed by atoms with Gasteiger partial charge in [0.05, 0.1) is 0 Å². The third kappa shape index (κ3) is 4.22. The Balaban J connectivity index is 1.98. The Morgan fingerprint density at radius 2 is 1.90 bits per heavy atom. The largest absolute Gasteiger partial charge is 0.382 e. The first kappa shape index (κ1) is 15.3. The summed E-state index contributed by atoms with van der Waals surface area (Å²) in [6.45, 7) is 5.79. The molecule has 1 aromatic carbocycles. The fraction of sp³-hybridized carbons (Fsp3) is 0.647. The average molecular weight is 275 g/mol. The highest BCUT2D eigenvalue weighted by molar-refractivity contribution is 5.51. The van der Waals surface area contributed by atoms with Crippen LogP contribution in [-0.2, 0) is 6.54 Å². The van der Waals surface area contributed by atoms with Crippen molar-refractivity contribution in [1.29, 1.82) is 0 Å². The molecule has 1 fully saturated rings. The molecule has 0 aromatic heterocycles. The minimum Gasteiger partial charge on any atom is -0.382 e. The van der Waals surface area contributed by atoms with Crippen LogP contribution in [-0.4, -0.2) is 50.1 Å². The third-order valence-electron chi connectivity index (χ3n) is 4.36. The molecular weight excluding hydrogens is 246 g/mol. The summed E-state index contributed by atoms with van der Waals surface area (Å²) in [6.07, 6.45) is 2.61. The number of rotatable bonds is 5. The second kappa shape index (κ2) is 7.09. The van der Waals surface area contributed by atoms with Crippen molar-refractivity contribution in [3.05, 3.63) is 29.8 Å². The average Bonchev–Trinajstić information content (AvgIpc) is 2.41. The summed E-state index contributed by atoms with van der Waals surface area (Å²) in [4.78, 5) is 4.66. The number of nitrogens with one attached hydrogen (secondary N) is 1. The Morgan fingerprint density at radius 3 is 2.55 bits per heavy atom. The van der Waals surface area contributed by atoms with Crippen molar-refractivity contribution in [2.45, 2.75) is 32.4 Å². The lowest BCUT2D eigenvalue weighted by Crippen LogP contribution is -2.37. The Kier molecular flexibility index (Phi) is 5.44. The van der Waals surface area contributed by atoms with E-state index in [4.69, 9.17) is 0 Å². The zero-order valence-corrected chi connectivity index (χ0v) is 13.4. The molecule has 112 valence electrons. The van der Waals surface area contributed by atoms with Crippen LogP contribution in [0.4, 0.5) is 5.69 Å². The molecule has 1 atom stereocenters. The molecule has 1 aromatic rings. The molecule has 0 radical (unpaired) electrons. The third-order valence-corrected chi connectivity index (χ3v) is 4.36. The molecular formula is C17H29N3. The number of piperidine rings is 1. The summed E-state index contributed by atoms with van der Waals surface area (Å²) in [6, 6.07) is 9.24. The van der Waals surface area contributed by atoms with Gasteiger partial charge in [-0.05, 0) is 71.5 Å².